The summed E-state index contributed by atoms with van der Waals surface area (Å²) in [5.74, 6) is 1.38. The molecule has 0 fully saturated rings. The van der Waals surface area contributed by atoms with Crippen molar-refractivity contribution in [3.8, 4) is 17.3 Å². The number of anilines is 2. The number of nitrogens with zero attached hydrogens (tertiary/aromatic N) is 4. The van der Waals surface area contributed by atoms with Crippen molar-refractivity contribution in [1.82, 2.24) is 15.0 Å². The number of rotatable bonds is 8. The molecule has 2 heterocycles. The fourth-order valence-corrected chi connectivity index (χ4v) is 2.91. The van der Waals surface area contributed by atoms with Crippen molar-refractivity contribution >= 4 is 23.2 Å². The quantitative estimate of drug-likeness (QED) is 0.422. The van der Waals surface area contributed by atoms with Gasteiger partial charge < -0.3 is 15.4 Å². The number of carbonyl (C=O) groups excluding carboxylic acids is 1. The SMILES string of the molecule is CCC(C)(F)C(C)N=C(C=C(C)C)Nc1cc(NC(C)=O)ncc1-c1nc(C)cc(OC)n1. The lowest BCUT2D eigenvalue weighted by Gasteiger charge is -2.24. The van der Waals surface area contributed by atoms with Gasteiger partial charge in [0.15, 0.2) is 5.82 Å². The third-order valence-electron chi connectivity index (χ3n) is 5.07. The number of methoxy groups -OCH3 is 1. The molecular formula is C24H33FN6O2. The minimum Gasteiger partial charge on any atom is -0.481 e. The number of amides is 1. The van der Waals surface area contributed by atoms with Gasteiger partial charge in [0.25, 0.3) is 0 Å². The topological polar surface area (TPSA) is 101 Å². The van der Waals surface area contributed by atoms with Crippen molar-refractivity contribution in [2.45, 2.75) is 66.6 Å². The lowest BCUT2D eigenvalue weighted by Crippen LogP contribution is -2.31. The summed E-state index contributed by atoms with van der Waals surface area (Å²) in [6, 6.07) is 2.80. The van der Waals surface area contributed by atoms with Crippen molar-refractivity contribution in [3.63, 3.8) is 0 Å². The van der Waals surface area contributed by atoms with Crippen LogP contribution in [0.3, 0.4) is 0 Å². The second-order valence-corrected chi connectivity index (χ2v) is 8.34. The molecule has 0 aliphatic carbocycles. The highest BCUT2D eigenvalue weighted by Crippen LogP contribution is 2.29. The zero-order valence-corrected chi connectivity index (χ0v) is 20.6. The van der Waals surface area contributed by atoms with Crippen LogP contribution < -0.4 is 15.4 Å². The fraction of sp³-hybridized carbons (Fsp3) is 0.458. The molecule has 0 spiro atoms. The van der Waals surface area contributed by atoms with E-state index in [1.165, 1.54) is 14.0 Å². The molecule has 8 nitrogen and oxygen atoms in total. The molecule has 33 heavy (non-hydrogen) atoms. The number of allylic oxidation sites excluding steroid dienone is 1. The summed E-state index contributed by atoms with van der Waals surface area (Å²) in [4.78, 5) is 29.5. The Morgan fingerprint density at radius 3 is 2.55 bits per heavy atom. The molecular weight excluding hydrogens is 423 g/mol. The molecule has 0 radical (unpaired) electrons. The lowest BCUT2D eigenvalue weighted by atomic mass is 9.97. The Labute approximate surface area is 194 Å². The largest absolute Gasteiger partial charge is 0.481 e. The monoisotopic (exact) mass is 456 g/mol. The summed E-state index contributed by atoms with van der Waals surface area (Å²) >= 11 is 0. The highest BCUT2D eigenvalue weighted by atomic mass is 19.1. The van der Waals surface area contributed by atoms with Gasteiger partial charge >= 0.3 is 0 Å². The molecule has 0 aliphatic heterocycles. The van der Waals surface area contributed by atoms with Crippen molar-refractivity contribution in [2.24, 2.45) is 4.99 Å². The Balaban J connectivity index is 2.64. The van der Waals surface area contributed by atoms with Crippen LogP contribution in [0.1, 0.15) is 53.7 Å². The van der Waals surface area contributed by atoms with E-state index < -0.39 is 11.7 Å². The lowest BCUT2D eigenvalue weighted by molar-refractivity contribution is -0.114. The summed E-state index contributed by atoms with van der Waals surface area (Å²) in [6.45, 7) is 12.2. The zero-order valence-electron chi connectivity index (χ0n) is 20.6. The number of aryl methyl sites for hydroxylation is 1. The first kappa shape index (κ1) is 25.9. The molecule has 2 unspecified atom stereocenters. The molecule has 0 saturated carbocycles. The van der Waals surface area contributed by atoms with Gasteiger partial charge in [-0.25, -0.2) is 14.4 Å². The Morgan fingerprint density at radius 1 is 1.27 bits per heavy atom. The molecule has 9 heteroatoms. The maximum Gasteiger partial charge on any atom is 0.222 e. The van der Waals surface area contributed by atoms with Crippen LogP contribution >= 0.6 is 0 Å². The van der Waals surface area contributed by atoms with Gasteiger partial charge in [-0.2, -0.15) is 4.98 Å². The Bertz CT molecular complexity index is 1060. The van der Waals surface area contributed by atoms with Gasteiger partial charge in [-0.15, -0.1) is 0 Å². The highest BCUT2D eigenvalue weighted by Gasteiger charge is 2.28. The van der Waals surface area contributed by atoms with E-state index >= 15 is 0 Å². The number of aliphatic imine (C=N–C) groups is 1. The maximum atomic E-state index is 14.9. The summed E-state index contributed by atoms with van der Waals surface area (Å²) in [7, 11) is 1.53. The molecule has 2 aromatic heterocycles. The van der Waals surface area contributed by atoms with Crippen LogP contribution in [0, 0.1) is 6.92 Å². The van der Waals surface area contributed by atoms with Gasteiger partial charge in [-0.3, -0.25) is 9.79 Å². The molecule has 178 valence electrons. The second-order valence-electron chi connectivity index (χ2n) is 8.34. The number of hydrogen-bond acceptors (Lipinski definition) is 6. The first-order valence-electron chi connectivity index (χ1n) is 10.8. The minimum atomic E-state index is -1.46. The van der Waals surface area contributed by atoms with E-state index in [9.17, 15) is 9.18 Å². The van der Waals surface area contributed by atoms with Gasteiger partial charge in [0, 0.05) is 30.9 Å². The fourth-order valence-electron chi connectivity index (χ4n) is 2.91. The number of alkyl halides is 1. The number of carbonyl (C=O) groups is 1. The van der Waals surface area contributed by atoms with E-state index in [0.29, 0.717) is 41.0 Å². The first-order valence-corrected chi connectivity index (χ1v) is 10.8. The molecule has 2 N–H and O–H groups in total. The summed E-state index contributed by atoms with van der Waals surface area (Å²) < 4.78 is 20.2. The standard InChI is InChI=1S/C24H33FN6O2/c1-9-24(7,25)16(5)28-21(10-14(2)3)30-19-12-20(29-17(6)32)26-13-18(19)23-27-15(4)11-22(31-23)33-8/h10-13,16H,9H2,1-8H3,(H2,26,28,29,30,32). The summed E-state index contributed by atoms with van der Waals surface area (Å²) in [5, 5.41) is 5.95. The van der Waals surface area contributed by atoms with Crippen LogP contribution in [0.4, 0.5) is 15.9 Å². The van der Waals surface area contributed by atoms with Gasteiger partial charge in [-0.1, -0.05) is 12.5 Å². The van der Waals surface area contributed by atoms with Gasteiger partial charge in [0.1, 0.15) is 17.3 Å². The summed E-state index contributed by atoms with van der Waals surface area (Å²) in [6.07, 6.45) is 3.74. The Hall–Kier alpha value is -3.36. The maximum absolute atomic E-state index is 14.9. The van der Waals surface area contributed by atoms with E-state index in [4.69, 9.17) is 4.74 Å². The van der Waals surface area contributed by atoms with Crippen molar-refractivity contribution in [2.75, 3.05) is 17.7 Å². The molecule has 2 atom stereocenters. The van der Waals surface area contributed by atoms with Crippen molar-refractivity contribution in [3.05, 3.63) is 35.7 Å². The number of hydrogen-bond donors (Lipinski definition) is 2. The summed E-state index contributed by atoms with van der Waals surface area (Å²) in [5.41, 5.74) is 1.38. The van der Waals surface area contributed by atoms with E-state index in [2.05, 4.69) is 30.6 Å². The van der Waals surface area contributed by atoms with Crippen LogP contribution in [0.2, 0.25) is 0 Å². The predicted molar refractivity (Wildman–Crippen MR) is 131 cm³/mol. The zero-order chi connectivity index (χ0) is 24.8. The van der Waals surface area contributed by atoms with Crippen LogP contribution in [0.5, 0.6) is 5.88 Å². The molecule has 0 aliphatic rings. The average Bonchev–Trinajstić information content (AvgIpc) is 2.72. The van der Waals surface area contributed by atoms with Crippen LogP contribution in [-0.4, -0.2) is 45.5 Å². The van der Waals surface area contributed by atoms with Gasteiger partial charge in [-0.05, 0) is 47.1 Å². The van der Waals surface area contributed by atoms with Gasteiger partial charge in [0.2, 0.25) is 11.8 Å². The van der Waals surface area contributed by atoms with Crippen molar-refractivity contribution in [1.29, 1.82) is 0 Å². The first-order chi connectivity index (χ1) is 15.4. The van der Waals surface area contributed by atoms with E-state index in [1.54, 1.807) is 39.1 Å². The molecule has 1 amide bonds. The highest BCUT2D eigenvalue weighted by molar-refractivity contribution is 6.06. The average molecular weight is 457 g/mol. The van der Waals surface area contributed by atoms with Crippen LogP contribution in [-0.2, 0) is 4.79 Å². The normalized spacial score (nSPS) is 14.2. The molecule has 2 rings (SSSR count). The third-order valence-corrected chi connectivity index (χ3v) is 5.07. The minimum absolute atomic E-state index is 0.252. The number of ether oxygens (including phenoxy) is 1. The molecule has 0 saturated heterocycles. The van der Waals surface area contributed by atoms with Crippen LogP contribution in [0.15, 0.2) is 35.0 Å². The van der Waals surface area contributed by atoms with Crippen LogP contribution in [0.25, 0.3) is 11.4 Å². The molecule has 0 bridgehead atoms. The number of pyridine rings is 1. The van der Waals surface area contributed by atoms with Gasteiger partial charge in [0.05, 0.1) is 24.4 Å². The van der Waals surface area contributed by atoms with E-state index in [1.807, 2.05) is 26.8 Å². The molecule has 0 aromatic carbocycles. The Kier molecular flexibility index (Phi) is 8.62. The number of halogens is 1. The molecule has 2 aromatic rings. The number of nitrogens with one attached hydrogen (secondary N) is 2. The van der Waals surface area contributed by atoms with E-state index in [-0.39, 0.29) is 5.91 Å². The Morgan fingerprint density at radius 2 is 1.97 bits per heavy atom. The second kappa shape index (κ2) is 11.0. The smallest absolute Gasteiger partial charge is 0.222 e. The van der Waals surface area contributed by atoms with E-state index in [0.717, 1.165) is 11.3 Å². The van der Waals surface area contributed by atoms with Crippen molar-refractivity contribution < 1.29 is 13.9 Å². The predicted octanol–water partition coefficient (Wildman–Crippen LogP) is 5.12. The number of aromatic nitrogens is 3. The number of amidine groups is 1. The third kappa shape index (κ3) is 7.34.